The highest BCUT2D eigenvalue weighted by Crippen LogP contribution is 2.47. The molecule has 1 heterocycles. The smallest absolute Gasteiger partial charge is 0.262 e. The molecule has 130 valence electrons. The molecule has 2 aromatic rings. The van der Waals surface area contributed by atoms with Gasteiger partial charge < -0.3 is 4.74 Å². The number of sulfonamides is 1. The van der Waals surface area contributed by atoms with Crippen molar-refractivity contribution in [1.29, 1.82) is 5.26 Å². The Kier molecular flexibility index (Phi) is 4.45. The van der Waals surface area contributed by atoms with Crippen molar-refractivity contribution in [2.24, 2.45) is 0 Å². The van der Waals surface area contributed by atoms with Crippen LogP contribution in [0.4, 0.5) is 5.69 Å². The van der Waals surface area contributed by atoms with Gasteiger partial charge in [0.15, 0.2) is 5.82 Å². The molecule has 0 aliphatic heterocycles. The number of hydrogen-bond acceptors (Lipinski definition) is 6. The third kappa shape index (κ3) is 3.48. The number of nitrogens with one attached hydrogen (secondary N) is 1. The molecule has 1 aliphatic carbocycles. The van der Waals surface area contributed by atoms with Crippen LogP contribution in [0.5, 0.6) is 0 Å². The van der Waals surface area contributed by atoms with Gasteiger partial charge in [0.2, 0.25) is 0 Å². The third-order valence-electron chi connectivity index (χ3n) is 4.23. The molecule has 0 atom stereocenters. The lowest BCUT2D eigenvalue weighted by atomic mass is 9.98. The van der Waals surface area contributed by atoms with Gasteiger partial charge in [-0.1, -0.05) is 12.1 Å². The zero-order valence-corrected chi connectivity index (χ0v) is 14.8. The van der Waals surface area contributed by atoms with Crippen molar-refractivity contribution in [2.45, 2.75) is 36.7 Å². The predicted octanol–water partition coefficient (Wildman–Crippen LogP) is 2.29. The van der Waals surface area contributed by atoms with Crippen molar-refractivity contribution in [3.05, 3.63) is 47.5 Å². The number of benzene rings is 1. The molecule has 7 nitrogen and oxygen atoms in total. The molecule has 0 unspecified atom stereocenters. The summed E-state index contributed by atoms with van der Waals surface area (Å²) in [6.45, 7) is 1.96. The lowest BCUT2D eigenvalue weighted by Crippen LogP contribution is -2.15. The Morgan fingerprint density at radius 3 is 2.52 bits per heavy atom. The van der Waals surface area contributed by atoms with Crippen LogP contribution >= 0.6 is 0 Å². The van der Waals surface area contributed by atoms with Gasteiger partial charge in [0.05, 0.1) is 34.0 Å². The Balaban J connectivity index is 1.81. The fourth-order valence-electron chi connectivity index (χ4n) is 2.56. The molecule has 0 bridgehead atoms. The zero-order valence-electron chi connectivity index (χ0n) is 14.0. The summed E-state index contributed by atoms with van der Waals surface area (Å²) in [6.07, 6.45) is 3.06. The average Bonchev–Trinajstić information content (AvgIpc) is 3.39. The average molecular weight is 358 g/mol. The Bertz CT molecular complexity index is 929. The minimum Gasteiger partial charge on any atom is -0.377 e. The van der Waals surface area contributed by atoms with Gasteiger partial charge in [-0.15, -0.1) is 0 Å². The van der Waals surface area contributed by atoms with E-state index in [1.165, 1.54) is 25.4 Å². The molecule has 1 N–H and O–H groups in total. The molecule has 0 spiro atoms. The number of nitrogens with zero attached hydrogens (tertiary/aromatic N) is 3. The van der Waals surface area contributed by atoms with E-state index in [1.807, 2.05) is 0 Å². The molecular formula is C17H18N4O3S. The van der Waals surface area contributed by atoms with E-state index in [-0.39, 0.29) is 11.5 Å². The fraction of sp³-hybridized carbons (Fsp3) is 0.353. The minimum atomic E-state index is -3.75. The molecule has 1 saturated carbocycles. The lowest BCUT2D eigenvalue weighted by Gasteiger charge is -2.12. The maximum absolute atomic E-state index is 12.6. The van der Waals surface area contributed by atoms with Crippen molar-refractivity contribution in [3.63, 3.8) is 0 Å². The first-order valence-electron chi connectivity index (χ1n) is 7.76. The monoisotopic (exact) mass is 358 g/mol. The van der Waals surface area contributed by atoms with E-state index >= 15 is 0 Å². The lowest BCUT2D eigenvalue weighted by molar-refractivity contribution is 0.177. The van der Waals surface area contributed by atoms with Crippen LogP contribution in [0.25, 0.3) is 0 Å². The molecule has 1 aliphatic rings. The summed E-state index contributed by atoms with van der Waals surface area (Å²) in [6, 6.07) is 8.74. The Morgan fingerprint density at radius 1 is 1.32 bits per heavy atom. The number of methoxy groups -OCH3 is 1. The van der Waals surface area contributed by atoms with Gasteiger partial charge >= 0.3 is 0 Å². The van der Waals surface area contributed by atoms with Gasteiger partial charge in [-0.25, -0.2) is 18.4 Å². The van der Waals surface area contributed by atoms with Crippen LogP contribution in [0.15, 0.2) is 35.4 Å². The van der Waals surface area contributed by atoms with Gasteiger partial charge in [0.1, 0.15) is 6.61 Å². The Morgan fingerprint density at radius 2 is 2.00 bits per heavy atom. The topological polar surface area (TPSA) is 105 Å². The SMILES string of the molecule is COCc1ncc(NS(=O)(=O)c2ccc(C3(C#N)CC3)cc2)c(C)n1. The Labute approximate surface area is 146 Å². The van der Waals surface area contributed by atoms with Crippen molar-refractivity contribution in [2.75, 3.05) is 11.8 Å². The number of aromatic nitrogens is 2. The van der Waals surface area contributed by atoms with Crippen molar-refractivity contribution in [1.82, 2.24) is 9.97 Å². The van der Waals surface area contributed by atoms with Crippen LogP contribution in [0.3, 0.4) is 0 Å². The molecule has 0 amide bonds. The number of hydrogen-bond donors (Lipinski definition) is 1. The molecule has 25 heavy (non-hydrogen) atoms. The third-order valence-corrected chi connectivity index (χ3v) is 5.61. The number of anilines is 1. The number of nitriles is 1. The zero-order chi connectivity index (χ0) is 18.1. The van der Waals surface area contributed by atoms with E-state index in [9.17, 15) is 13.7 Å². The van der Waals surface area contributed by atoms with Crippen LogP contribution < -0.4 is 4.72 Å². The van der Waals surface area contributed by atoms with Gasteiger partial charge in [-0.3, -0.25) is 4.72 Å². The van der Waals surface area contributed by atoms with E-state index in [1.54, 1.807) is 19.1 Å². The molecule has 8 heteroatoms. The summed E-state index contributed by atoms with van der Waals surface area (Å²) in [5.41, 5.74) is 1.26. The van der Waals surface area contributed by atoms with Crippen molar-refractivity contribution in [3.8, 4) is 6.07 Å². The van der Waals surface area contributed by atoms with Crippen LogP contribution in [-0.2, 0) is 26.8 Å². The van der Waals surface area contributed by atoms with E-state index in [0.717, 1.165) is 18.4 Å². The summed E-state index contributed by atoms with van der Waals surface area (Å²) in [4.78, 5) is 8.41. The van der Waals surface area contributed by atoms with E-state index in [4.69, 9.17) is 4.74 Å². The highest BCUT2D eigenvalue weighted by atomic mass is 32.2. The molecule has 1 aromatic carbocycles. The van der Waals surface area contributed by atoms with Gasteiger partial charge in [0, 0.05) is 7.11 Å². The second-order valence-electron chi connectivity index (χ2n) is 6.04. The second kappa shape index (κ2) is 6.43. The molecule has 1 fully saturated rings. The maximum atomic E-state index is 12.6. The minimum absolute atomic E-state index is 0.130. The van der Waals surface area contributed by atoms with Crippen molar-refractivity contribution < 1.29 is 13.2 Å². The van der Waals surface area contributed by atoms with E-state index in [0.29, 0.717) is 17.2 Å². The molecule has 1 aromatic heterocycles. The van der Waals surface area contributed by atoms with Gasteiger partial charge in [-0.2, -0.15) is 5.26 Å². The predicted molar refractivity (Wildman–Crippen MR) is 91.3 cm³/mol. The standard InChI is InChI=1S/C17H18N4O3S/c1-12-15(9-19-16(20-12)10-24-2)21-25(22,23)14-5-3-13(4-6-14)17(11-18)7-8-17/h3-6,9,21H,7-8,10H2,1-2H3. The van der Waals surface area contributed by atoms with Gasteiger partial charge in [0.25, 0.3) is 10.0 Å². The van der Waals surface area contributed by atoms with Crippen LogP contribution in [0, 0.1) is 18.3 Å². The van der Waals surface area contributed by atoms with Crippen molar-refractivity contribution >= 4 is 15.7 Å². The highest BCUT2D eigenvalue weighted by molar-refractivity contribution is 7.92. The second-order valence-corrected chi connectivity index (χ2v) is 7.72. The summed E-state index contributed by atoms with van der Waals surface area (Å²) in [7, 11) is -2.21. The summed E-state index contributed by atoms with van der Waals surface area (Å²) < 4.78 is 32.6. The molecule has 0 saturated heterocycles. The summed E-state index contributed by atoms with van der Waals surface area (Å²) in [5, 5.41) is 9.22. The van der Waals surface area contributed by atoms with Gasteiger partial charge in [-0.05, 0) is 37.5 Å². The largest absolute Gasteiger partial charge is 0.377 e. The maximum Gasteiger partial charge on any atom is 0.262 e. The molecular weight excluding hydrogens is 340 g/mol. The quantitative estimate of drug-likeness (QED) is 0.849. The van der Waals surface area contributed by atoms with E-state index < -0.39 is 15.4 Å². The first-order valence-corrected chi connectivity index (χ1v) is 9.24. The number of rotatable bonds is 6. The first-order chi connectivity index (χ1) is 11.9. The summed E-state index contributed by atoms with van der Waals surface area (Å²) in [5.74, 6) is 0.485. The molecule has 0 radical (unpaired) electrons. The number of aryl methyl sites for hydroxylation is 1. The Hall–Kier alpha value is -2.50. The first kappa shape index (κ1) is 17.3. The van der Waals surface area contributed by atoms with Crippen LogP contribution in [0.1, 0.15) is 29.9 Å². The van der Waals surface area contributed by atoms with Crippen LogP contribution in [-0.4, -0.2) is 25.5 Å². The highest BCUT2D eigenvalue weighted by Gasteiger charge is 2.44. The number of ether oxygens (including phenoxy) is 1. The normalized spacial score (nSPS) is 15.4. The van der Waals surface area contributed by atoms with Crippen LogP contribution in [0.2, 0.25) is 0 Å². The summed E-state index contributed by atoms with van der Waals surface area (Å²) >= 11 is 0. The van der Waals surface area contributed by atoms with E-state index in [2.05, 4.69) is 20.8 Å². The fourth-order valence-corrected chi connectivity index (χ4v) is 3.66. The molecule has 3 rings (SSSR count).